The van der Waals surface area contributed by atoms with Gasteiger partial charge >= 0.3 is 5.97 Å². The Hall–Kier alpha value is -2.98. The van der Waals surface area contributed by atoms with Crippen molar-refractivity contribution < 1.29 is 20.1 Å². The Morgan fingerprint density at radius 3 is 2.27 bits per heavy atom. The highest BCUT2D eigenvalue weighted by Crippen LogP contribution is 2.39. The molecule has 0 amide bonds. The molecule has 0 aliphatic heterocycles. The molecule has 224 valence electrons. The third kappa shape index (κ3) is 10.9. The van der Waals surface area contributed by atoms with Crippen molar-refractivity contribution in [3.63, 3.8) is 0 Å². The van der Waals surface area contributed by atoms with Gasteiger partial charge in [0.1, 0.15) is 0 Å². The smallest absolute Gasteiger partial charge is 0.303 e. The topological polar surface area (TPSA) is 167 Å². The average Bonchev–Trinajstić information content (AvgIpc) is 3.46. The number of rotatable bonds is 17. The number of H-pyrrole nitrogens is 1. The van der Waals surface area contributed by atoms with E-state index in [1.54, 1.807) is 4.57 Å². The molecule has 0 aromatic carbocycles. The highest BCUT2D eigenvalue weighted by atomic mass is 16.4. The summed E-state index contributed by atoms with van der Waals surface area (Å²) >= 11 is 0. The maximum absolute atomic E-state index is 11.7. The molecule has 1 aliphatic carbocycles. The number of unbranched alkanes of at least 4 members (excludes halogenated alkanes) is 11. The minimum Gasteiger partial charge on any atom is -0.481 e. The molecule has 0 radical (unpaired) electrons. The Balaban J connectivity index is 0.000000280. The van der Waals surface area contributed by atoms with Crippen LogP contribution in [-0.4, -0.2) is 53.5 Å². The SMILES string of the molecule is C=C1[C@H](CO)[C@@H](O)C[C@@H]1n1cnc2c(=O)[nH]c(N)nc21.CCCCCCCC/C=C\CCCCCCCC(=O)O. The lowest BCUT2D eigenvalue weighted by molar-refractivity contribution is -0.137. The number of fused-ring (bicyclic) bond motifs is 1. The molecule has 0 spiro atoms. The summed E-state index contributed by atoms with van der Waals surface area (Å²) in [5, 5.41) is 27.7. The number of carbonyl (C=O) groups is 1. The van der Waals surface area contributed by atoms with Crippen molar-refractivity contribution >= 4 is 23.1 Å². The molecule has 10 heteroatoms. The van der Waals surface area contributed by atoms with Gasteiger partial charge in [-0.3, -0.25) is 14.6 Å². The summed E-state index contributed by atoms with van der Waals surface area (Å²) < 4.78 is 1.67. The van der Waals surface area contributed by atoms with Crippen LogP contribution in [0.15, 0.2) is 35.4 Å². The molecule has 3 rings (SSSR count). The summed E-state index contributed by atoms with van der Waals surface area (Å²) in [6.07, 6.45) is 22.4. The number of carboxylic acids is 1. The molecule has 2 aromatic rings. The Bertz CT molecular complexity index is 1130. The number of anilines is 1. The van der Waals surface area contributed by atoms with Crippen molar-refractivity contribution in [1.82, 2.24) is 19.5 Å². The van der Waals surface area contributed by atoms with Crippen molar-refractivity contribution in [2.75, 3.05) is 12.3 Å². The van der Waals surface area contributed by atoms with E-state index in [9.17, 15) is 19.8 Å². The second-order valence-corrected chi connectivity index (χ2v) is 10.7. The van der Waals surface area contributed by atoms with Gasteiger partial charge in [0, 0.05) is 12.3 Å². The van der Waals surface area contributed by atoms with Crippen LogP contribution in [0.5, 0.6) is 0 Å². The van der Waals surface area contributed by atoms with Crippen LogP contribution in [0.2, 0.25) is 0 Å². The molecule has 6 N–H and O–H groups in total. The quantitative estimate of drug-likeness (QED) is 0.129. The zero-order valence-corrected chi connectivity index (χ0v) is 24.1. The highest BCUT2D eigenvalue weighted by Gasteiger charge is 2.37. The first-order valence-electron chi connectivity index (χ1n) is 14.9. The van der Waals surface area contributed by atoms with E-state index in [4.69, 9.17) is 10.8 Å². The number of nitrogens with zero attached hydrogens (tertiary/aromatic N) is 3. The number of aliphatic hydroxyl groups excluding tert-OH is 2. The molecular weight excluding hydrogens is 510 g/mol. The van der Waals surface area contributed by atoms with Crippen molar-refractivity contribution in [3.8, 4) is 0 Å². The molecule has 10 nitrogen and oxygen atoms in total. The zero-order chi connectivity index (χ0) is 29.3. The minimum absolute atomic E-state index is 0.00659. The molecule has 1 aliphatic rings. The number of nitrogens with one attached hydrogen (secondary N) is 1. The first-order valence-corrected chi connectivity index (χ1v) is 14.9. The number of aromatic nitrogens is 4. The number of allylic oxidation sites excluding steroid dienone is 2. The van der Waals surface area contributed by atoms with E-state index in [-0.39, 0.29) is 30.0 Å². The fourth-order valence-corrected chi connectivity index (χ4v) is 5.09. The van der Waals surface area contributed by atoms with Gasteiger partial charge in [-0.25, -0.2) is 4.98 Å². The van der Waals surface area contributed by atoms with Crippen LogP contribution in [0, 0.1) is 5.92 Å². The lowest BCUT2D eigenvalue weighted by Gasteiger charge is -2.15. The number of hydrogen-bond acceptors (Lipinski definition) is 7. The molecular formula is C30H49N5O5. The van der Waals surface area contributed by atoms with E-state index in [0.717, 1.165) is 12.8 Å². The van der Waals surface area contributed by atoms with E-state index in [2.05, 4.69) is 40.6 Å². The summed E-state index contributed by atoms with van der Waals surface area (Å²) in [4.78, 5) is 32.6. The number of imidazole rings is 1. The van der Waals surface area contributed by atoms with E-state index < -0.39 is 17.6 Å². The lowest BCUT2D eigenvalue weighted by atomic mass is 10.0. The largest absolute Gasteiger partial charge is 0.481 e. The minimum atomic E-state index is -0.672. The molecule has 2 heterocycles. The Labute approximate surface area is 237 Å². The van der Waals surface area contributed by atoms with E-state index in [1.165, 1.54) is 77.0 Å². The van der Waals surface area contributed by atoms with Gasteiger partial charge in [-0.1, -0.05) is 77.0 Å². The maximum atomic E-state index is 11.7. The van der Waals surface area contributed by atoms with Gasteiger partial charge in [0.2, 0.25) is 5.95 Å². The van der Waals surface area contributed by atoms with Crippen LogP contribution in [0.25, 0.3) is 11.2 Å². The Kier molecular flexibility index (Phi) is 15.3. The molecule has 1 fully saturated rings. The van der Waals surface area contributed by atoms with Crippen molar-refractivity contribution in [2.24, 2.45) is 5.92 Å². The van der Waals surface area contributed by atoms with E-state index >= 15 is 0 Å². The standard InChI is InChI=1S/C18H34O2.C12H15N5O3/c1-2-3-4-5-6-7-8-9-10-11-12-13-14-15-16-17-18(19)20;1-5-6(3-18)8(19)2-7(5)17-4-14-9-10(17)15-12(13)16-11(9)20/h9-10H,2-8,11-17H2,1H3,(H,19,20);4,6-8,18-19H,1-3H2,(H3,13,15,16,20)/b10-9-;/t;6-,7-,8-/m.0/s1. The predicted octanol–water partition coefficient (Wildman–Crippen LogP) is 5.28. The molecule has 40 heavy (non-hydrogen) atoms. The molecule has 0 unspecified atom stereocenters. The van der Waals surface area contributed by atoms with Crippen molar-refractivity contribution in [3.05, 3.63) is 41.0 Å². The Morgan fingerprint density at radius 1 is 1.10 bits per heavy atom. The normalized spacial score (nSPS) is 18.9. The van der Waals surface area contributed by atoms with Crippen LogP contribution in [0.4, 0.5) is 5.95 Å². The molecule has 3 atom stereocenters. The van der Waals surface area contributed by atoms with Crippen LogP contribution in [0.1, 0.15) is 109 Å². The molecule has 0 bridgehead atoms. The van der Waals surface area contributed by atoms with Crippen LogP contribution in [-0.2, 0) is 4.79 Å². The summed E-state index contributed by atoms with van der Waals surface area (Å²) in [5.74, 6) is -1.04. The summed E-state index contributed by atoms with van der Waals surface area (Å²) in [6, 6.07) is -0.263. The first kappa shape index (κ1) is 33.2. The second-order valence-electron chi connectivity index (χ2n) is 10.7. The average molecular weight is 560 g/mol. The van der Waals surface area contributed by atoms with Gasteiger partial charge < -0.3 is 25.6 Å². The fraction of sp³-hybridized carbons (Fsp3) is 0.667. The summed E-state index contributed by atoms with van der Waals surface area (Å²) in [5.41, 5.74) is 6.37. The number of carboxylic acid groups (broad SMARTS) is 1. The van der Waals surface area contributed by atoms with E-state index in [1.807, 2.05) is 0 Å². The van der Waals surface area contributed by atoms with Crippen LogP contribution >= 0.6 is 0 Å². The number of nitrogen functional groups attached to an aromatic ring is 1. The van der Waals surface area contributed by atoms with Gasteiger partial charge in [-0.05, 0) is 44.1 Å². The first-order chi connectivity index (χ1) is 19.3. The van der Waals surface area contributed by atoms with Gasteiger partial charge in [0.05, 0.1) is 25.1 Å². The number of aliphatic hydroxyl groups is 2. The van der Waals surface area contributed by atoms with Gasteiger partial charge in [0.15, 0.2) is 11.2 Å². The molecule has 2 aromatic heterocycles. The number of hydrogen-bond donors (Lipinski definition) is 5. The summed E-state index contributed by atoms with van der Waals surface area (Å²) in [6.45, 7) is 6.02. The third-order valence-electron chi connectivity index (χ3n) is 7.47. The van der Waals surface area contributed by atoms with Crippen molar-refractivity contribution in [2.45, 2.75) is 115 Å². The zero-order valence-electron chi connectivity index (χ0n) is 24.1. The van der Waals surface area contributed by atoms with Gasteiger partial charge in [-0.15, -0.1) is 0 Å². The maximum Gasteiger partial charge on any atom is 0.303 e. The molecule has 1 saturated carbocycles. The Morgan fingerprint density at radius 2 is 1.70 bits per heavy atom. The monoisotopic (exact) mass is 559 g/mol. The van der Waals surface area contributed by atoms with Gasteiger partial charge in [0.25, 0.3) is 5.56 Å². The second kappa shape index (κ2) is 18.4. The van der Waals surface area contributed by atoms with E-state index in [0.29, 0.717) is 24.1 Å². The number of aromatic amines is 1. The van der Waals surface area contributed by atoms with Gasteiger partial charge in [-0.2, -0.15) is 4.98 Å². The third-order valence-corrected chi connectivity index (χ3v) is 7.47. The van der Waals surface area contributed by atoms with Crippen LogP contribution in [0.3, 0.4) is 0 Å². The predicted molar refractivity (Wildman–Crippen MR) is 159 cm³/mol. The fourth-order valence-electron chi connectivity index (χ4n) is 5.09. The van der Waals surface area contributed by atoms with Crippen LogP contribution < -0.4 is 11.3 Å². The number of nitrogens with two attached hydrogens (primary N) is 1. The van der Waals surface area contributed by atoms with Crippen molar-refractivity contribution in [1.29, 1.82) is 0 Å². The lowest BCUT2D eigenvalue weighted by Crippen LogP contribution is -2.17. The molecule has 0 saturated heterocycles. The summed E-state index contributed by atoms with van der Waals surface area (Å²) in [7, 11) is 0. The number of aliphatic carboxylic acids is 1. The highest BCUT2D eigenvalue weighted by molar-refractivity contribution is 5.71.